The van der Waals surface area contributed by atoms with Gasteiger partial charge in [0.1, 0.15) is 5.82 Å². The van der Waals surface area contributed by atoms with Crippen LogP contribution in [-0.4, -0.2) is 17.4 Å². The third-order valence-corrected chi connectivity index (χ3v) is 2.75. The first-order valence-corrected chi connectivity index (χ1v) is 6.36. The molecule has 1 amide bonds. The van der Waals surface area contributed by atoms with Crippen LogP contribution in [0.25, 0.3) is 0 Å². The molecule has 0 saturated carbocycles. The number of rotatable bonds is 3. The van der Waals surface area contributed by atoms with E-state index in [0.717, 1.165) is 5.56 Å². The lowest BCUT2D eigenvalue weighted by Gasteiger charge is -2.07. The second kappa shape index (κ2) is 7.17. The molecule has 0 aliphatic carbocycles. The molecule has 0 fully saturated rings. The third-order valence-electron chi connectivity index (χ3n) is 2.75. The van der Waals surface area contributed by atoms with Crippen LogP contribution in [-0.2, 0) is 6.54 Å². The molecule has 1 heterocycles. The Morgan fingerprint density at radius 3 is 2.76 bits per heavy atom. The fraction of sp³-hybridized carbons (Fsp3) is 0.125. The summed E-state index contributed by atoms with van der Waals surface area (Å²) in [5, 5.41) is 2.73. The number of nitrogens with two attached hydrogens (primary N) is 1. The molecule has 2 rings (SSSR count). The van der Waals surface area contributed by atoms with Crippen molar-refractivity contribution in [1.29, 1.82) is 0 Å². The van der Waals surface area contributed by atoms with E-state index in [0.29, 0.717) is 12.1 Å². The molecule has 0 radical (unpaired) electrons. The first-order chi connectivity index (χ1) is 10.2. The number of amides is 1. The smallest absolute Gasteiger partial charge is 0.252 e. The Morgan fingerprint density at radius 2 is 2.05 bits per heavy atom. The highest BCUT2D eigenvalue weighted by molar-refractivity contribution is 5.96. The largest absolute Gasteiger partial charge is 0.348 e. The number of carbonyl (C=O) groups excluding carboxylic acids is 1. The van der Waals surface area contributed by atoms with Crippen LogP contribution in [0.5, 0.6) is 0 Å². The van der Waals surface area contributed by atoms with Gasteiger partial charge in [-0.25, -0.2) is 4.39 Å². The van der Waals surface area contributed by atoms with Crippen LogP contribution in [0.4, 0.5) is 4.39 Å². The zero-order valence-electron chi connectivity index (χ0n) is 11.3. The third kappa shape index (κ3) is 4.13. The Hall–Kier alpha value is -2.71. The minimum atomic E-state index is -0.484. The molecule has 2 aromatic rings. The molecule has 0 aliphatic rings. The number of nitrogens with zero attached hydrogens (tertiary/aromatic N) is 1. The van der Waals surface area contributed by atoms with Crippen molar-refractivity contribution in [2.75, 3.05) is 6.54 Å². The van der Waals surface area contributed by atoms with Crippen LogP contribution in [0, 0.1) is 17.7 Å². The molecular formula is C16H14FN3O. The minimum Gasteiger partial charge on any atom is -0.348 e. The fourth-order valence-electron chi connectivity index (χ4n) is 1.74. The maximum atomic E-state index is 13.3. The summed E-state index contributed by atoms with van der Waals surface area (Å²) >= 11 is 0. The molecule has 0 bridgehead atoms. The topological polar surface area (TPSA) is 68.0 Å². The first-order valence-electron chi connectivity index (χ1n) is 6.36. The summed E-state index contributed by atoms with van der Waals surface area (Å²) in [5.41, 5.74) is 6.87. The number of aromatic nitrogens is 1. The van der Waals surface area contributed by atoms with Crippen molar-refractivity contribution >= 4 is 5.91 Å². The number of pyridine rings is 1. The summed E-state index contributed by atoms with van der Waals surface area (Å²) in [6, 6.07) is 7.49. The van der Waals surface area contributed by atoms with Crippen molar-refractivity contribution in [2.45, 2.75) is 6.54 Å². The van der Waals surface area contributed by atoms with Gasteiger partial charge in [0.15, 0.2) is 0 Å². The zero-order chi connectivity index (χ0) is 15.1. The lowest BCUT2D eigenvalue weighted by atomic mass is 10.1. The average molecular weight is 283 g/mol. The Balaban J connectivity index is 2.16. The van der Waals surface area contributed by atoms with Crippen molar-refractivity contribution in [2.24, 2.45) is 5.73 Å². The molecule has 0 aliphatic heterocycles. The fourth-order valence-corrected chi connectivity index (χ4v) is 1.74. The normalized spacial score (nSPS) is 9.62. The second-order valence-electron chi connectivity index (χ2n) is 4.23. The summed E-state index contributed by atoms with van der Waals surface area (Å²) < 4.78 is 13.3. The van der Waals surface area contributed by atoms with Crippen molar-refractivity contribution in [3.8, 4) is 11.8 Å². The molecular weight excluding hydrogens is 269 g/mol. The van der Waals surface area contributed by atoms with Crippen LogP contribution in [0.2, 0.25) is 0 Å². The van der Waals surface area contributed by atoms with E-state index in [1.807, 2.05) is 0 Å². The monoisotopic (exact) mass is 283 g/mol. The van der Waals surface area contributed by atoms with Crippen LogP contribution in [0.1, 0.15) is 21.5 Å². The van der Waals surface area contributed by atoms with E-state index < -0.39 is 5.82 Å². The number of hydrogen-bond acceptors (Lipinski definition) is 3. The highest BCUT2D eigenvalue weighted by atomic mass is 19.1. The highest BCUT2D eigenvalue weighted by Gasteiger charge is 2.11. The molecule has 0 unspecified atom stereocenters. The Labute approximate surface area is 122 Å². The van der Waals surface area contributed by atoms with E-state index in [4.69, 9.17) is 5.73 Å². The maximum Gasteiger partial charge on any atom is 0.252 e. The number of carbonyl (C=O) groups is 1. The van der Waals surface area contributed by atoms with Crippen molar-refractivity contribution in [3.63, 3.8) is 0 Å². The molecule has 5 heteroatoms. The second-order valence-corrected chi connectivity index (χ2v) is 4.23. The van der Waals surface area contributed by atoms with Gasteiger partial charge in [0, 0.05) is 24.5 Å². The lowest BCUT2D eigenvalue weighted by molar-refractivity contribution is 0.0950. The molecule has 4 nitrogen and oxygen atoms in total. The first kappa shape index (κ1) is 14.7. The molecule has 1 aromatic heterocycles. The predicted molar refractivity (Wildman–Crippen MR) is 77.7 cm³/mol. The summed E-state index contributed by atoms with van der Waals surface area (Å²) in [6.07, 6.45) is 3.28. The van der Waals surface area contributed by atoms with E-state index in [-0.39, 0.29) is 18.0 Å². The van der Waals surface area contributed by atoms with Crippen molar-refractivity contribution in [3.05, 3.63) is 65.2 Å². The molecule has 0 saturated heterocycles. The van der Waals surface area contributed by atoms with Crippen LogP contribution < -0.4 is 11.1 Å². The van der Waals surface area contributed by atoms with Gasteiger partial charge in [0.2, 0.25) is 0 Å². The summed E-state index contributed by atoms with van der Waals surface area (Å²) in [6.45, 7) is 0.511. The quantitative estimate of drug-likeness (QED) is 0.838. The number of benzene rings is 1. The van der Waals surface area contributed by atoms with Gasteiger partial charge >= 0.3 is 0 Å². The summed E-state index contributed by atoms with van der Waals surface area (Å²) in [5.74, 6) is 4.56. The van der Waals surface area contributed by atoms with Gasteiger partial charge in [-0.15, -0.1) is 0 Å². The van der Waals surface area contributed by atoms with E-state index in [1.54, 1.807) is 24.5 Å². The predicted octanol–water partition coefficient (Wildman–Crippen LogP) is 1.46. The van der Waals surface area contributed by atoms with Crippen LogP contribution in [0.15, 0.2) is 42.7 Å². The average Bonchev–Trinajstić information content (AvgIpc) is 2.52. The lowest BCUT2D eigenvalue weighted by Crippen LogP contribution is -2.23. The number of hydrogen-bond donors (Lipinski definition) is 2. The van der Waals surface area contributed by atoms with Gasteiger partial charge in [-0.1, -0.05) is 11.8 Å². The zero-order valence-corrected chi connectivity index (χ0v) is 11.3. The Bertz CT molecular complexity index is 690. The van der Waals surface area contributed by atoms with Gasteiger partial charge in [-0.05, 0) is 35.9 Å². The standard InChI is InChI=1S/C16H14FN3O/c17-14-4-3-13(2-1-7-18)15(10-14)16(21)20-11-12-5-8-19-9-6-12/h3-6,8-10H,7,11,18H2,(H,20,21). The molecule has 21 heavy (non-hydrogen) atoms. The van der Waals surface area contributed by atoms with Gasteiger partial charge in [0.25, 0.3) is 5.91 Å². The van der Waals surface area contributed by atoms with Gasteiger partial charge in [-0.2, -0.15) is 0 Å². The maximum absolute atomic E-state index is 13.3. The van der Waals surface area contributed by atoms with Crippen LogP contribution in [0.3, 0.4) is 0 Å². The van der Waals surface area contributed by atoms with Gasteiger partial charge < -0.3 is 11.1 Å². The Kier molecular flexibility index (Phi) is 5.02. The van der Waals surface area contributed by atoms with E-state index in [2.05, 4.69) is 22.1 Å². The molecule has 1 aromatic carbocycles. The highest BCUT2D eigenvalue weighted by Crippen LogP contribution is 2.11. The SMILES string of the molecule is NCC#Cc1ccc(F)cc1C(=O)NCc1ccncc1. The molecule has 3 N–H and O–H groups in total. The summed E-state index contributed by atoms with van der Waals surface area (Å²) in [7, 11) is 0. The van der Waals surface area contributed by atoms with Crippen molar-refractivity contribution < 1.29 is 9.18 Å². The van der Waals surface area contributed by atoms with Gasteiger partial charge in [0.05, 0.1) is 12.1 Å². The Morgan fingerprint density at radius 1 is 1.29 bits per heavy atom. The summed E-state index contributed by atoms with van der Waals surface area (Å²) in [4.78, 5) is 16.1. The minimum absolute atomic E-state index is 0.176. The molecule has 0 atom stereocenters. The van der Waals surface area contributed by atoms with Gasteiger partial charge in [-0.3, -0.25) is 9.78 Å². The van der Waals surface area contributed by atoms with E-state index in [1.165, 1.54) is 18.2 Å². The molecule has 106 valence electrons. The van der Waals surface area contributed by atoms with E-state index in [9.17, 15) is 9.18 Å². The number of nitrogens with one attached hydrogen (secondary N) is 1. The van der Waals surface area contributed by atoms with Crippen LogP contribution >= 0.6 is 0 Å². The number of halogens is 1. The van der Waals surface area contributed by atoms with E-state index >= 15 is 0 Å². The molecule has 0 spiro atoms. The van der Waals surface area contributed by atoms with Crippen molar-refractivity contribution in [1.82, 2.24) is 10.3 Å².